The molecule has 0 spiro atoms. The summed E-state index contributed by atoms with van der Waals surface area (Å²) in [5.41, 5.74) is 13.5. The van der Waals surface area contributed by atoms with Crippen molar-refractivity contribution in [3.8, 4) is 0 Å². The summed E-state index contributed by atoms with van der Waals surface area (Å²) in [6, 6.07) is 84.6. The summed E-state index contributed by atoms with van der Waals surface area (Å²) in [4.78, 5) is 95.9. The van der Waals surface area contributed by atoms with Crippen LogP contribution in [0.25, 0.3) is 0 Å². The van der Waals surface area contributed by atoms with E-state index < -0.39 is 25.7 Å². The van der Waals surface area contributed by atoms with Gasteiger partial charge in [-0.25, -0.2) is 4.79 Å². The van der Waals surface area contributed by atoms with E-state index in [1.165, 1.54) is 61.5 Å². The van der Waals surface area contributed by atoms with E-state index in [9.17, 15) is 70.1 Å². The molecule has 0 amide bonds. The molecule has 12 rings (SSSR count). The number of hydrogen-bond donors (Lipinski definition) is 2. The number of carbonyl (C=O) groups is 3. The quantitative estimate of drug-likeness (QED) is 0.0232. The topological polar surface area (TPSA) is 333 Å². The number of nitro groups is 5. The van der Waals surface area contributed by atoms with Crippen LogP contribution < -0.4 is 0 Å². The zero-order valence-corrected chi connectivity index (χ0v) is 58.1. The molecule has 12 aromatic rings. The van der Waals surface area contributed by atoms with Gasteiger partial charge in [-0.1, -0.05) is 220 Å². The fourth-order valence-corrected chi connectivity index (χ4v) is 11.2. The van der Waals surface area contributed by atoms with E-state index in [2.05, 4.69) is 9.98 Å². The number of ketones is 2. The second kappa shape index (κ2) is 41.9. The first kappa shape index (κ1) is 81.3. The maximum absolute atomic E-state index is 12.8. The maximum Gasteiger partial charge on any atom is 0.336 e. The minimum absolute atomic E-state index is 0. The van der Waals surface area contributed by atoms with Crippen molar-refractivity contribution in [1.82, 2.24) is 4.98 Å². The van der Waals surface area contributed by atoms with Gasteiger partial charge in [0, 0.05) is 102 Å². The second-order valence-corrected chi connectivity index (χ2v) is 24.2. The van der Waals surface area contributed by atoms with Gasteiger partial charge in [0.25, 0.3) is 28.4 Å². The van der Waals surface area contributed by atoms with Crippen LogP contribution in [0.3, 0.4) is 0 Å². The Morgan fingerprint density at radius 2 is 0.685 bits per heavy atom. The highest BCUT2D eigenvalue weighted by Gasteiger charge is 2.20. The largest absolute Gasteiger partial charge is 0.478 e. The fraction of sp³-hybridized carbons (Fsp3) is 0.128. The van der Waals surface area contributed by atoms with E-state index in [1.807, 2.05) is 194 Å². The number of Topliss-reactive ketones (excluding diaryl/α,β-unsaturated/α-hetero) is 2. The van der Waals surface area contributed by atoms with Crippen molar-refractivity contribution in [3.63, 3.8) is 0 Å². The Balaban J connectivity index is 0.000000189. The zero-order chi connectivity index (χ0) is 76.5. The van der Waals surface area contributed by atoms with E-state index in [1.54, 1.807) is 48.9 Å². The average Bonchev–Trinajstić information content (AvgIpc) is 0.852. The Morgan fingerprint density at radius 1 is 0.370 bits per heavy atom. The highest BCUT2D eigenvalue weighted by molar-refractivity contribution is 5.98. The van der Waals surface area contributed by atoms with Crippen LogP contribution in [0, 0.1) is 50.6 Å². The van der Waals surface area contributed by atoms with E-state index in [-0.39, 0.29) is 64.5 Å². The normalized spacial score (nSPS) is 10.3. The van der Waals surface area contributed by atoms with Crippen LogP contribution in [0.2, 0.25) is 0 Å². The number of aromatic carboxylic acids is 1. The van der Waals surface area contributed by atoms with Gasteiger partial charge in [-0.2, -0.15) is 0 Å². The fourth-order valence-electron chi connectivity index (χ4n) is 11.2. The van der Waals surface area contributed by atoms with Crippen LogP contribution in [0.5, 0.6) is 0 Å². The third kappa shape index (κ3) is 25.8. The van der Waals surface area contributed by atoms with Crippen molar-refractivity contribution < 1.29 is 49.2 Å². The van der Waals surface area contributed by atoms with Crippen molar-refractivity contribution >= 4 is 52.2 Å². The molecule has 1 aromatic heterocycles. The first-order valence-electron chi connectivity index (χ1n) is 33.6. The second-order valence-electron chi connectivity index (χ2n) is 24.2. The van der Waals surface area contributed by atoms with Gasteiger partial charge < -0.3 is 10.2 Å². The number of non-ortho nitro benzene ring substituents is 5. The molecule has 0 aliphatic carbocycles. The monoisotopic (exact) mass is 1450 g/mol. The van der Waals surface area contributed by atoms with Crippen molar-refractivity contribution in [3.05, 3.63) is 443 Å². The molecular weight excluding hydrogens is 1370 g/mol. The molecule has 22 nitrogen and oxygen atoms in total. The summed E-state index contributed by atoms with van der Waals surface area (Å²) in [7, 11) is 0. The number of nitro benzene ring substituents is 5. The molecule has 0 saturated heterocycles. The van der Waals surface area contributed by atoms with E-state index in [4.69, 9.17) is 5.11 Å². The molecule has 2 N–H and O–H groups in total. The van der Waals surface area contributed by atoms with Gasteiger partial charge in [0.1, 0.15) is 0 Å². The highest BCUT2D eigenvalue weighted by Crippen LogP contribution is 2.27. The van der Waals surface area contributed by atoms with Crippen LogP contribution in [0.4, 0.5) is 28.4 Å². The van der Waals surface area contributed by atoms with Crippen LogP contribution in [0.1, 0.15) is 130 Å². The lowest BCUT2D eigenvalue weighted by Gasteiger charge is -2.09. The van der Waals surface area contributed by atoms with E-state index in [0.29, 0.717) is 73.7 Å². The lowest BCUT2D eigenvalue weighted by Crippen LogP contribution is -2.07. The van der Waals surface area contributed by atoms with Gasteiger partial charge in [0.05, 0.1) is 43.3 Å². The third-order valence-electron chi connectivity index (χ3n) is 16.7. The zero-order valence-electron chi connectivity index (χ0n) is 58.1. The first-order chi connectivity index (χ1) is 51.7. The smallest absolute Gasteiger partial charge is 0.336 e. The summed E-state index contributed by atoms with van der Waals surface area (Å²) >= 11 is 0. The number of carboxylic acid groups (broad SMARTS) is 1. The summed E-state index contributed by atoms with van der Waals surface area (Å²) in [6.07, 6.45) is 9.08. The minimum atomic E-state index is -1.16. The van der Waals surface area contributed by atoms with Gasteiger partial charge in [0.15, 0.2) is 11.6 Å². The number of benzene rings is 11. The van der Waals surface area contributed by atoms with Gasteiger partial charge in [-0.15, -0.1) is 0 Å². The molecular formula is C86H77N7O15. The third-order valence-corrected chi connectivity index (χ3v) is 16.7. The molecule has 11 aromatic carbocycles. The van der Waals surface area contributed by atoms with Crippen LogP contribution >= 0.6 is 0 Å². The highest BCUT2D eigenvalue weighted by atomic mass is 16.6. The summed E-state index contributed by atoms with van der Waals surface area (Å²) in [5, 5.41) is 72.7. The number of hydrogen-bond acceptors (Lipinski definition) is 16. The van der Waals surface area contributed by atoms with E-state index >= 15 is 0 Å². The Hall–Kier alpha value is -14.0. The number of aliphatic imine (C=N–C) groups is 1. The summed E-state index contributed by atoms with van der Waals surface area (Å²) in [6.45, 7) is 1.77. The molecule has 0 bridgehead atoms. The number of carbonyl (C=O) groups excluding carboxylic acids is 2. The predicted octanol–water partition coefficient (Wildman–Crippen LogP) is 18.8. The lowest BCUT2D eigenvalue weighted by atomic mass is 9.94. The molecule has 1 heterocycles. The van der Waals surface area contributed by atoms with Crippen molar-refractivity contribution in [2.45, 2.75) is 72.4 Å². The maximum atomic E-state index is 12.8. The number of pyridine rings is 1. The van der Waals surface area contributed by atoms with Crippen LogP contribution in [-0.2, 0) is 51.7 Å². The minimum Gasteiger partial charge on any atom is -0.478 e. The number of aliphatic hydroxyl groups is 1. The standard InChI is InChI=1S/C22H19NO3.C20H17N3O2.C15H13NO3.C14H11NO4.C14H13NO3.CH4/c24-22(14-11-17-7-3-1-4-8-17)21-16-20(23(25)26)13-12-19(21)15-18-9-5-2-6-10-18;24-23(25)20-7-6-18(12-16-8-10-21-11-9-16)19(13-20)15-22-14-17-4-2-1-3-5-17;1-11(17)15-10-14(16(18)19)8-7-13(15)9-12-5-3-2-4-6-12;16-14(17)13-9-12(15(18)19)7-6-11(13)8-10-4-2-1-3-5-10;16-10-13-9-14(15(17)18)7-6-12(13)8-11-4-2-1-3-5-11;/h1-10,12-13,16H,11,14-15H2;1-11,13,15H,12,14H2;2-8,10H,9H2,1H3;1-7,9H,8H2,(H,16,17);1-7,9,16H,8,10H2;1H4. The Labute approximate surface area is 623 Å². The Bertz CT molecular complexity index is 4930. The van der Waals surface area contributed by atoms with Crippen LogP contribution in [0.15, 0.2) is 303 Å². The molecule has 0 saturated carbocycles. The van der Waals surface area contributed by atoms with Gasteiger partial charge >= 0.3 is 5.97 Å². The number of nitrogens with zero attached hydrogens (tertiary/aromatic N) is 7. The SMILES string of the molecule is C.CC(=O)c1cc([N+](=O)[O-])ccc1Cc1ccccc1.O=C(CCc1ccccc1)c1cc([N+](=O)[O-])ccc1Cc1ccccc1.O=C(O)c1cc([N+](=O)[O-])ccc1Cc1ccccc1.O=[N+]([O-])c1ccc(Cc2ccccc2)c(CO)c1.O=[N+]([O-])c1ccc(Cc2ccncc2)c(C=NCc2ccccc2)c1. The molecule has 0 unspecified atom stereocenters. The van der Waals surface area contributed by atoms with Crippen molar-refractivity contribution in [2.24, 2.45) is 4.99 Å². The molecule has 108 heavy (non-hydrogen) atoms. The van der Waals surface area contributed by atoms with Gasteiger partial charge in [-0.3, -0.25) is 70.1 Å². The molecule has 0 fully saturated rings. The van der Waals surface area contributed by atoms with Gasteiger partial charge in [-0.05, 0) is 130 Å². The molecule has 22 heteroatoms. The first-order valence-corrected chi connectivity index (χ1v) is 33.6. The lowest BCUT2D eigenvalue weighted by molar-refractivity contribution is -0.385. The van der Waals surface area contributed by atoms with Crippen LogP contribution in [-0.4, -0.2) is 63.6 Å². The molecule has 0 aliphatic heterocycles. The molecule has 0 atom stereocenters. The van der Waals surface area contributed by atoms with E-state index in [0.717, 1.165) is 72.8 Å². The number of carboxylic acids is 1. The van der Waals surface area contributed by atoms with Crippen molar-refractivity contribution in [2.75, 3.05) is 0 Å². The number of aromatic nitrogens is 1. The number of aliphatic hydroxyl groups excluding tert-OH is 1. The molecule has 0 radical (unpaired) electrons. The molecule has 546 valence electrons. The number of rotatable bonds is 25. The predicted molar refractivity (Wildman–Crippen MR) is 416 cm³/mol. The average molecular weight is 1450 g/mol. The molecule has 0 aliphatic rings. The number of aryl methyl sites for hydroxylation is 1. The summed E-state index contributed by atoms with van der Waals surface area (Å²) in [5.74, 6) is -1.38. The summed E-state index contributed by atoms with van der Waals surface area (Å²) < 4.78 is 0. The van der Waals surface area contributed by atoms with Crippen molar-refractivity contribution in [1.29, 1.82) is 0 Å². The van der Waals surface area contributed by atoms with Gasteiger partial charge in [0.2, 0.25) is 0 Å². The Morgan fingerprint density at radius 3 is 1.08 bits per heavy atom. The Kier molecular flexibility index (Phi) is 31.6.